The van der Waals surface area contributed by atoms with Crippen LogP contribution >= 0.6 is 23.2 Å². The molecule has 0 aromatic heterocycles. The van der Waals surface area contributed by atoms with Crippen LogP contribution in [0.5, 0.6) is 5.75 Å². The third-order valence-electron chi connectivity index (χ3n) is 4.45. The Morgan fingerprint density at radius 1 is 0.933 bits per heavy atom. The van der Waals surface area contributed by atoms with Crippen LogP contribution in [0.15, 0.2) is 83.5 Å². The van der Waals surface area contributed by atoms with Gasteiger partial charge in [0, 0.05) is 12.0 Å². The molecule has 150 valence electrons. The lowest BCUT2D eigenvalue weighted by Crippen LogP contribution is -2.05. The molecule has 1 aliphatic heterocycles. The van der Waals surface area contributed by atoms with Crippen molar-refractivity contribution in [3.63, 3.8) is 0 Å². The van der Waals surface area contributed by atoms with E-state index in [0.29, 0.717) is 22.2 Å². The molecule has 0 unspecified atom stereocenters. The molecule has 1 heterocycles. The first-order valence-electron chi connectivity index (χ1n) is 9.33. The highest BCUT2D eigenvalue weighted by molar-refractivity contribution is 6.42. The first kappa shape index (κ1) is 20.2. The predicted octanol–water partition coefficient (Wildman–Crippen LogP) is 5.96. The van der Waals surface area contributed by atoms with Gasteiger partial charge in [0.1, 0.15) is 5.75 Å². The summed E-state index contributed by atoms with van der Waals surface area (Å²) in [6.07, 6.45) is 2.48. The van der Waals surface area contributed by atoms with Crippen LogP contribution in [0.1, 0.15) is 16.7 Å². The summed E-state index contributed by atoms with van der Waals surface area (Å²) in [7, 11) is 0. The van der Waals surface area contributed by atoms with Gasteiger partial charge in [-0.3, -0.25) is 0 Å². The number of cyclic esters (lactones) is 1. The number of benzene rings is 3. The van der Waals surface area contributed by atoms with Crippen molar-refractivity contribution in [3.8, 4) is 5.75 Å². The second kappa shape index (κ2) is 9.16. The second-order valence-electron chi connectivity index (χ2n) is 6.62. The van der Waals surface area contributed by atoms with Gasteiger partial charge in [-0.25, -0.2) is 9.79 Å². The Balaban J connectivity index is 1.47. The van der Waals surface area contributed by atoms with Gasteiger partial charge in [-0.1, -0.05) is 65.7 Å². The average molecular weight is 438 g/mol. The lowest BCUT2D eigenvalue weighted by Gasteiger charge is -2.07. The van der Waals surface area contributed by atoms with Gasteiger partial charge in [-0.05, 0) is 47.5 Å². The molecule has 4 rings (SSSR count). The fourth-order valence-electron chi connectivity index (χ4n) is 2.95. The van der Waals surface area contributed by atoms with Crippen molar-refractivity contribution in [1.82, 2.24) is 0 Å². The minimum absolute atomic E-state index is 0.195. The standard InChI is InChI=1S/C24H17Cl2NO3/c25-20-10-9-18(15-21(20)26)23-27-22(24(28)30-23)14-17-7-4-8-19(13-17)29-12-11-16-5-2-1-3-6-16/h1-10,13-15H,11-12H2/b22-14-. The Bertz CT molecular complexity index is 1140. The molecular weight excluding hydrogens is 421 g/mol. The molecular formula is C24H17Cl2NO3. The molecule has 6 heteroatoms. The molecule has 4 nitrogen and oxygen atoms in total. The SMILES string of the molecule is O=C1OC(c2ccc(Cl)c(Cl)c2)=N/C1=C\c1cccc(OCCc2ccccc2)c1. The maximum Gasteiger partial charge on any atom is 0.363 e. The van der Waals surface area contributed by atoms with Gasteiger partial charge in [0.05, 0.1) is 16.7 Å². The van der Waals surface area contributed by atoms with Crippen molar-refractivity contribution < 1.29 is 14.3 Å². The van der Waals surface area contributed by atoms with E-state index in [4.69, 9.17) is 32.7 Å². The molecule has 0 N–H and O–H groups in total. The summed E-state index contributed by atoms with van der Waals surface area (Å²) in [5, 5.41) is 0.788. The first-order valence-corrected chi connectivity index (χ1v) is 10.1. The van der Waals surface area contributed by atoms with Crippen LogP contribution in [0.4, 0.5) is 0 Å². The molecule has 3 aromatic carbocycles. The number of carbonyl (C=O) groups is 1. The molecule has 1 aliphatic rings. The van der Waals surface area contributed by atoms with Crippen molar-refractivity contribution in [2.75, 3.05) is 6.61 Å². The largest absolute Gasteiger partial charge is 0.493 e. The molecule has 0 amide bonds. The lowest BCUT2D eigenvalue weighted by molar-refractivity contribution is -0.129. The molecule has 0 fully saturated rings. The number of nitrogens with zero attached hydrogens (tertiary/aromatic N) is 1. The Hall–Kier alpha value is -3.08. The first-order chi connectivity index (χ1) is 14.6. The monoisotopic (exact) mass is 437 g/mol. The molecule has 0 bridgehead atoms. The number of esters is 1. The Kier molecular flexibility index (Phi) is 6.17. The zero-order valence-electron chi connectivity index (χ0n) is 15.8. The number of carbonyl (C=O) groups excluding carboxylic acids is 1. The normalized spacial score (nSPS) is 14.5. The fourth-order valence-corrected chi connectivity index (χ4v) is 3.24. The molecule has 3 aromatic rings. The molecule has 0 spiro atoms. The summed E-state index contributed by atoms with van der Waals surface area (Å²) in [6.45, 7) is 0.561. The molecule has 0 radical (unpaired) electrons. The van der Waals surface area contributed by atoms with Crippen molar-refractivity contribution in [2.45, 2.75) is 6.42 Å². The van der Waals surface area contributed by atoms with E-state index in [9.17, 15) is 4.79 Å². The quantitative estimate of drug-likeness (QED) is 0.353. The lowest BCUT2D eigenvalue weighted by atomic mass is 10.1. The van der Waals surface area contributed by atoms with Gasteiger partial charge in [-0.15, -0.1) is 0 Å². The highest BCUT2D eigenvalue weighted by atomic mass is 35.5. The van der Waals surface area contributed by atoms with Crippen molar-refractivity contribution in [1.29, 1.82) is 0 Å². The zero-order chi connectivity index (χ0) is 20.9. The van der Waals surface area contributed by atoms with Crippen LogP contribution in [-0.4, -0.2) is 18.5 Å². The van der Waals surface area contributed by atoms with Crippen LogP contribution < -0.4 is 4.74 Å². The van der Waals surface area contributed by atoms with Gasteiger partial charge in [0.25, 0.3) is 0 Å². The van der Waals surface area contributed by atoms with Gasteiger partial charge < -0.3 is 9.47 Å². The molecule has 0 saturated carbocycles. The van der Waals surface area contributed by atoms with E-state index in [-0.39, 0.29) is 11.6 Å². The van der Waals surface area contributed by atoms with Crippen LogP contribution in [0, 0.1) is 0 Å². The third-order valence-corrected chi connectivity index (χ3v) is 5.19. The van der Waals surface area contributed by atoms with Crippen LogP contribution in [0.25, 0.3) is 6.08 Å². The summed E-state index contributed by atoms with van der Waals surface area (Å²) in [5.74, 6) is 0.395. The minimum atomic E-state index is -0.522. The van der Waals surface area contributed by atoms with E-state index in [2.05, 4.69) is 17.1 Å². The maximum atomic E-state index is 12.2. The third kappa shape index (κ3) is 4.90. The number of rotatable bonds is 6. The van der Waals surface area contributed by atoms with E-state index in [1.54, 1.807) is 24.3 Å². The van der Waals surface area contributed by atoms with E-state index in [1.165, 1.54) is 5.56 Å². The summed E-state index contributed by atoms with van der Waals surface area (Å²) < 4.78 is 11.1. The Labute approximate surface area is 184 Å². The zero-order valence-corrected chi connectivity index (χ0v) is 17.4. The van der Waals surface area contributed by atoms with Crippen molar-refractivity contribution in [2.24, 2.45) is 4.99 Å². The summed E-state index contributed by atoms with van der Waals surface area (Å²) in [6, 6.07) is 22.6. The average Bonchev–Trinajstić information content (AvgIpc) is 3.11. The smallest absolute Gasteiger partial charge is 0.363 e. The number of halogens is 2. The van der Waals surface area contributed by atoms with Gasteiger partial charge in [0.15, 0.2) is 5.70 Å². The van der Waals surface area contributed by atoms with Crippen molar-refractivity contribution >= 4 is 41.1 Å². The number of ether oxygens (including phenoxy) is 2. The van der Waals surface area contributed by atoms with E-state index < -0.39 is 5.97 Å². The maximum absolute atomic E-state index is 12.2. The van der Waals surface area contributed by atoms with Crippen LogP contribution in [0.3, 0.4) is 0 Å². The molecule has 0 aliphatic carbocycles. The number of hydrogen-bond acceptors (Lipinski definition) is 4. The number of aliphatic imine (C=N–C) groups is 1. The highest BCUT2D eigenvalue weighted by Crippen LogP contribution is 2.26. The van der Waals surface area contributed by atoms with Gasteiger partial charge >= 0.3 is 5.97 Å². The number of hydrogen-bond donors (Lipinski definition) is 0. The molecule has 0 saturated heterocycles. The van der Waals surface area contributed by atoms with E-state index >= 15 is 0 Å². The fraction of sp³-hybridized carbons (Fsp3) is 0.0833. The summed E-state index contributed by atoms with van der Waals surface area (Å²) in [5.41, 5.74) is 2.79. The predicted molar refractivity (Wildman–Crippen MR) is 119 cm³/mol. The highest BCUT2D eigenvalue weighted by Gasteiger charge is 2.24. The minimum Gasteiger partial charge on any atom is -0.493 e. The Morgan fingerprint density at radius 3 is 2.57 bits per heavy atom. The van der Waals surface area contributed by atoms with Gasteiger partial charge in [-0.2, -0.15) is 0 Å². The molecule has 0 atom stereocenters. The second-order valence-corrected chi connectivity index (χ2v) is 7.44. The Morgan fingerprint density at radius 2 is 1.77 bits per heavy atom. The summed E-state index contributed by atoms with van der Waals surface area (Å²) in [4.78, 5) is 16.5. The van der Waals surface area contributed by atoms with Crippen molar-refractivity contribution in [3.05, 3.63) is 105 Å². The summed E-state index contributed by atoms with van der Waals surface area (Å²) >= 11 is 12.0. The topological polar surface area (TPSA) is 47.9 Å². The molecule has 30 heavy (non-hydrogen) atoms. The van der Waals surface area contributed by atoms with E-state index in [1.807, 2.05) is 42.5 Å². The van der Waals surface area contributed by atoms with Crippen LogP contribution in [0.2, 0.25) is 10.0 Å². The van der Waals surface area contributed by atoms with E-state index in [0.717, 1.165) is 17.7 Å². The van der Waals surface area contributed by atoms with Crippen LogP contribution in [-0.2, 0) is 16.0 Å². The van der Waals surface area contributed by atoms with Gasteiger partial charge in [0.2, 0.25) is 5.90 Å².